The molecule has 0 saturated carbocycles. The van der Waals surface area contributed by atoms with E-state index >= 15 is 0 Å². The van der Waals surface area contributed by atoms with Crippen molar-refractivity contribution in [2.24, 2.45) is 5.92 Å². The summed E-state index contributed by atoms with van der Waals surface area (Å²) in [4.78, 5) is 19.0. The van der Waals surface area contributed by atoms with Crippen LogP contribution < -0.4 is 4.90 Å². The Kier molecular flexibility index (Phi) is 4.24. The summed E-state index contributed by atoms with van der Waals surface area (Å²) in [6.45, 7) is 6.41. The van der Waals surface area contributed by atoms with Gasteiger partial charge < -0.3 is 4.90 Å². The molecule has 5 rings (SSSR count). The highest BCUT2D eigenvalue weighted by Gasteiger charge is 2.38. The number of aromatic nitrogens is 3. The first-order valence-electron chi connectivity index (χ1n) is 9.89. The Morgan fingerprint density at radius 3 is 2.74 bits per heavy atom. The number of aryl methyl sites for hydroxylation is 1. The third-order valence-corrected chi connectivity index (χ3v) is 6.23. The van der Waals surface area contributed by atoms with Gasteiger partial charge in [0, 0.05) is 37.6 Å². The lowest BCUT2D eigenvalue weighted by Gasteiger charge is -2.39. The summed E-state index contributed by atoms with van der Waals surface area (Å²) in [6.07, 6.45) is 6.36. The van der Waals surface area contributed by atoms with Crippen LogP contribution in [0.4, 0.5) is 5.82 Å². The van der Waals surface area contributed by atoms with Crippen molar-refractivity contribution in [2.75, 3.05) is 24.5 Å². The molecule has 2 aliphatic heterocycles. The Bertz CT molecular complexity index is 956. The topological polar surface area (TPSA) is 45.2 Å². The zero-order valence-corrected chi connectivity index (χ0v) is 15.8. The predicted molar refractivity (Wildman–Crippen MR) is 108 cm³/mol. The predicted octanol–water partition coefficient (Wildman–Crippen LogP) is 3.43. The molecule has 2 fully saturated rings. The van der Waals surface area contributed by atoms with Crippen molar-refractivity contribution in [2.45, 2.75) is 32.4 Å². The summed E-state index contributed by atoms with van der Waals surface area (Å²) in [5.41, 5.74) is 4.44. The van der Waals surface area contributed by atoms with Gasteiger partial charge in [-0.2, -0.15) is 0 Å². The Labute approximate surface area is 160 Å². The van der Waals surface area contributed by atoms with Gasteiger partial charge in [-0.05, 0) is 56.0 Å². The Balaban J connectivity index is 1.36. The molecule has 27 heavy (non-hydrogen) atoms. The molecular weight excluding hydrogens is 334 g/mol. The van der Waals surface area contributed by atoms with E-state index in [1.165, 1.54) is 24.9 Å². The van der Waals surface area contributed by atoms with Crippen molar-refractivity contribution in [3.8, 4) is 0 Å². The van der Waals surface area contributed by atoms with Crippen LogP contribution >= 0.6 is 0 Å². The van der Waals surface area contributed by atoms with Crippen LogP contribution in [0.1, 0.15) is 24.1 Å². The first-order chi connectivity index (χ1) is 13.3. The molecule has 3 aromatic rings. The van der Waals surface area contributed by atoms with Crippen molar-refractivity contribution < 1.29 is 0 Å². The monoisotopic (exact) mass is 359 g/mol. The summed E-state index contributed by atoms with van der Waals surface area (Å²) in [7, 11) is 0. The molecule has 2 aromatic heterocycles. The summed E-state index contributed by atoms with van der Waals surface area (Å²) < 4.78 is 0. The van der Waals surface area contributed by atoms with Gasteiger partial charge in [-0.15, -0.1) is 0 Å². The molecule has 0 N–H and O–H groups in total. The maximum atomic E-state index is 4.87. The van der Waals surface area contributed by atoms with Crippen molar-refractivity contribution in [3.63, 3.8) is 0 Å². The summed E-state index contributed by atoms with van der Waals surface area (Å²) in [5, 5.41) is 0. The number of hydrogen-bond acceptors (Lipinski definition) is 5. The van der Waals surface area contributed by atoms with E-state index in [4.69, 9.17) is 4.98 Å². The van der Waals surface area contributed by atoms with Crippen molar-refractivity contribution >= 4 is 16.9 Å². The van der Waals surface area contributed by atoms with Gasteiger partial charge in [0.2, 0.25) is 0 Å². The molecule has 1 aromatic carbocycles. The first-order valence-corrected chi connectivity index (χ1v) is 9.89. The molecule has 2 atom stereocenters. The van der Waals surface area contributed by atoms with Gasteiger partial charge in [0.15, 0.2) is 0 Å². The van der Waals surface area contributed by atoms with Gasteiger partial charge in [-0.3, -0.25) is 14.9 Å². The Morgan fingerprint density at radius 1 is 1.00 bits per heavy atom. The average Bonchev–Trinajstić information content (AvgIpc) is 3.11. The number of rotatable bonds is 3. The van der Waals surface area contributed by atoms with E-state index in [0.717, 1.165) is 48.1 Å². The molecule has 0 bridgehead atoms. The molecule has 2 unspecified atom stereocenters. The fraction of sp³-hybridized carbons (Fsp3) is 0.409. The van der Waals surface area contributed by atoms with Gasteiger partial charge in [0.25, 0.3) is 0 Å². The molecule has 0 radical (unpaired) electrons. The van der Waals surface area contributed by atoms with Gasteiger partial charge in [-0.1, -0.05) is 18.2 Å². The third kappa shape index (κ3) is 3.16. The lowest BCUT2D eigenvalue weighted by Crippen LogP contribution is -2.48. The average molecular weight is 359 g/mol. The van der Waals surface area contributed by atoms with Crippen molar-refractivity contribution in [3.05, 3.63) is 60.0 Å². The Hall–Kier alpha value is -2.53. The number of anilines is 1. The lowest BCUT2D eigenvalue weighted by atomic mass is 9.92. The van der Waals surface area contributed by atoms with E-state index in [1.54, 1.807) is 0 Å². The lowest BCUT2D eigenvalue weighted by molar-refractivity contribution is 0.200. The van der Waals surface area contributed by atoms with Gasteiger partial charge in [0.1, 0.15) is 5.82 Å². The van der Waals surface area contributed by atoms with Gasteiger partial charge in [0.05, 0.1) is 17.2 Å². The highest BCUT2D eigenvalue weighted by Crippen LogP contribution is 2.34. The highest BCUT2D eigenvalue weighted by atomic mass is 15.3. The van der Waals surface area contributed by atoms with Gasteiger partial charge in [-0.25, -0.2) is 4.98 Å². The minimum Gasteiger partial charge on any atom is -0.354 e. The maximum Gasteiger partial charge on any atom is 0.147 e. The number of benzene rings is 1. The number of para-hydroxylation sites is 2. The molecular formula is C22H25N5. The molecule has 5 nitrogen and oxygen atoms in total. The van der Waals surface area contributed by atoms with E-state index < -0.39 is 0 Å². The van der Waals surface area contributed by atoms with Crippen molar-refractivity contribution in [1.82, 2.24) is 19.9 Å². The van der Waals surface area contributed by atoms with E-state index in [1.807, 2.05) is 42.7 Å². The van der Waals surface area contributed by atoms with Crippen LogP contribution in [-0.4, -0.2) is 45.5 Å². The fourth-order valence-electron chi connectivity index (χ4n) is 4.64. The molecule has 138 valence electrons. The minimum absolute atomic E-state index is 0.589. The number of hydrogen-bond donors (Lipinski definition) is 0. The summed E-state index contributed by atoms with van der Waals surface area (Å²) in [6, 6.07) is 13.0. The molecule has 2 aliphatic rings. The van der Waals surface area contributed by atoms with E-state index in [2.05, 4.69) is 32.8 Å². The molecule has 5 heteroatoms. The summed E-state index contributed by atoms with van der Waals surface area (Å²) >= 11 is 0. The van der Waals surface area contributed by atoms with Crippen LogP contribution in [0.3, 0.4) is 0 Å². The molecule has 0 spiro atoms. The van der Waals surface area contributed by atoms with E-state index in [9.17, 15) is 0 Å². The largest absolute Gasteiger partial charge is 0.354 e. The van der Waals surface area contributed by atoms with Crippen LogP contribution in [0.2, 0.25) is 0 Å². The number of fused-ring (bicyclic) bond motifs is 2. The quantitative estimate of drug-likeness (QED) is 0.717. The molecule has 2 saturated heterocycles. The molecule has 4 heterocycles. The smallest absolute Gasteiger partial charge is 0.147 e. The SMILES string of the molecule is Cc1ncccc1CN1CCC2CCN(c3cnc4ccccc4n3)CC21. The second kappa shape index (κ2) is 6.89. The third-order valence-electron chi connectivity index (χ3n) is 6.23. The maximum absolute atomic E-state index is 4.87. The molecule has 0 aliphatic carbocycles. The standard InChI is InChI=1S/C22H25N5/c1-16-18(5-4-10-23-16)14-26-11-8-17-9-12-27(15-21(17)26)22-13-24-19-6-2-3-7-20(19)25-22/h2-7,10,13,17,21H,8-9,11-12,14-15H2,1H3. The van der Waals surface area contributed by atoms with Crippen LogP contribution in [0.25, 0.3) is 11.0 Å². The van der Waals surface area contributed by atoms with E-state index in [-0.39, 0.29) is 0 Å². The van der Waals surface area contributed by atoms with Crippen LogP contribution in [-0.2, 0) is 6.54 Å². The second-order valence-electron chi connectivity index (χ2n) is 7.79. The van der Waals surface area contributed by atoms with E-state index in [0.29, 0.717) is 6.04 Å². The first kappa shape index (κ1) is 16.6. The number of nitrogens with zero attached hydrogens (tertiary/aromatic N) is 5. The zero-order chi connectivity index (χ0) is 18.2. The van der Waals surface area contributed by atoms with Crippen LogP contribution in [0.15, 0.2) is 48.8 Å². The minimum atomic E-state index is 0.589. The second-order valence-corrected chi connectivity index (χ2v) is 7.79. The van der Waals surface area contributed by atoms with Crippen LogP contribution in [0, 0.1) is 12.8 Å². The zero-order valence-electron chi connectivity index (χ0n) is 15.8. The van der Waals surface area contributed by atoms with Gasteiger partial charge >= 0.3 is 0 Å². The Morgan fingerprint density at radius 2 is 1.85 bits per heavy atom. The number of piperidine rings is 1. The van der Waals surface area contributed by atoms with Crippen LogP contribution in [0.5, 0.6) is 0 Å². The number of likely N-dealkylation sites (tertiary alicyclic amines) is 1. The fourth-order valence-corrected chi connectivity index (χ4v) is 4.64. The number of pyridine rings is 1. The normalized spacial score (nSPS) is 22.9. The summed E-state index contributed by atoms with van der Waals surface area (Å²) in [5.74, 6) is 1.81. The highest BCUT2D eigenvalue weighted by molar-refractivity contribution is 5.75. The van der Waals surface area contributed by atoms with Crippen molar-refractivity contribution in [1.29, 1.82) is 0 Å². The molecule has 0 amide bonds.